The largest absolute Gasteiger partial charge is 0.298 e. The van der Waals surface area contributed by atoms with Gasteiger partial charge in [0.15, 0.2) is 9.84 Å². The molecule has 0 fully saturated rings. The van der Waals surface area contributed by atoms with Gasteiger partial charge in [-0.05, 0) is 24.1 Å². The van der Waals surface area contributed by atoms with Crippen molar-refractivity contribution in [2.24, 2.45) is 0 Å². The maximum atomic E-state index is 11.9. The predicted molar refractivity (Wildman–Crippen MR) is 61.6 cm³/mol. The summed E-state index contributed by atoms with van der Waals surface area (Å²) in [6.07, 6.45) is 0.774. The summed E-state index contributed by atoms with van der Waals surface area (Å²) in [5.74, 6) is 0.123. The monoisotopic (exact) mass is 238 g/mol. The Bertz CT molecular complexity index is 568. The van der Waals surface area contributed by atoms with Gasteiger partial charge in [-0.25, -0.2) is 8.42 Å². The molecule has 1 aliphatic heterocycles. The van der Waals surface area contributed by atoms with Crippen molar-refractivity contribution in [1.29, 1.82) is 0 Å². The summed E-state index contributed by atoms with van der Waals surface area (Å²) in [5, 5.41) is 0. The fourth-order valence-electron chi connectivity index (χ4n) is 2.56. The van der Waals surface area contributed by atoms with E-state index in [0.717, 1.165) is 17.4 Å². The third-order valence-electron chi connectivity index (χ3n) is 3.16. The summed E-state index contributed by atoms with van der Waals surface area (Å²) in [7, 11) is -3.18. The fraction of sp³-hybridized carbons (Fsp3) is 0.417. The van der Waals surface area contributed by atoms with Crippen LogP contribution < -0.4 is 0 Å². The van der Waals surface area contributed by atoms with Gasteiger partial charge in [0.05, 0.1) is 10.6 Å². The molecule has 1 aromatic rings. The van der Waals surface area contributed by atoms with Crippen LogP contribution in [0.3, 0.4) is 0 Å². The zero-order chi connectivity index (χ0) is 12.1. The Morgan fingerprint density at radius 1 is 1.31 bits per heavy atom. The number of carbonyl (C=O) groups excluding carboxylic acids is 1. The lowest BCUT2D eigenvalue weighted by atomic mass is 9.83. The lowest BCUT2D eigenvalue weighted by molar-refractivity contribution is 0.112. The molecule has 1 aliphatic rings. The summed E-state index contributed by atoms with van der Waals surface area (Å²) in [5.41, 5.74) is 1.76. The summed E-state index contributed by atoms with van der Waals surface area (Å²) in [6, 6.07) is 3.14. The third-order valence-corrected chi connectivity index (χ3v) is 5.27. The number of aldehydes is 1. The molecule has 16 heavy (non-hydrogen) atoms. The summed E-state index contributed by atoms with van der Waals surface area (Å²) in [4.78, 5) is 11.2. The SMILES string of the molecule is Cc1c(C=O)ccc2c1C(C)(C)CS2(=O)=O. The predicted octanol–water partition coefficient (Wildman–Crippen LogP) is 1.87. The molecule has 0 radical (unpaired) electrons. The Kier molecular flexibility index (Phi) is 2.24. The van der Waals surface area contributed by atoms with Gasteiger partial charge in [0, 0.05) is 11.0 Å². The summed E-state index contributed by atoms with van der Waals surface area (Å²) in [6.45, 7) is 5.61. The molecule has 3 nitrogen and oxygen atoms in total. The molecule has 0 amide bonds. The Morgan fingerprint density at radius 2 is 1.94 bits per heavy atom. The van der Waals surface area contributed by atoms with Crippen molar-refractivity contribution in [2.75, 3.05) is 5.75 Å². The minimum Gasteiger partial charge on any atom is -0.298 e. The van der Waals surface area contributed by atoms with E-state index in [1.165, 1.54) is 0 Å². The van der Waals surface area contributed by atoms with Crippen molar-refractivity contribution in [3.8, 4) is 0 Å². The minimum absolute atomic E-state index is 0.123. The smallest absolute Gasteiger partial charge is 0.179 e. The highest BCUT2D eigenvalue weighted by molar-refractivity contribution is 7.91. The zero-order valence-corrected chi connectivity index (χ0v) is 10.4. The van der Waals surface area contributed by atoms with Crippen LogP contribution in [0.1, 0.15) is 35.3 Å². The molecular weight excluding hydrogens is 224 g/mol. The van der Waals surface area contributed by atoms with Crippen LogP contribution in [-0.2, 0) is 15.3 Å². The fourth-order valence-corrected chi connectivity index (χ4v) is 4.82. The van der Waals surface area contributed by atoms with Gasteiger partial charge in [-0.3, -0.25) is 4.79 Å². The van der Waals surface area contributed by atoms with Crippen LogP contribution in [0.5, 0.6) is 0 Å². The van der Waals surface area contributed by atoms with Crippen LogP contribution >= 0.6 is 0 Å². The van der Waals surface area contributed by atoms with Gasteiger partial charge in [-0.15, -0.1) is 0 Å². The standard InChI is InChI=1S/C12H14O3S/c1-8-9(6-13)4-5-10-11(8)12(2,3)7-16(10,14)15/h4-6H,7H2,1-3H3. The highest BCUT2D eigenvalue weighted by Gasteiger charge is 2.41. The molecule has 0 spiro atoms. The van der Waals surface area contributed by atoms with Gasteiger partial charge in [-0.2, -0.15) is 0 Å². The highest BCUT2D eigenvalue weighted by atomic mass is 32.2. The molecule has 1 heterocycles. The van der Waals surface area contributed by atoms with Crippen LogP contribution in [0.25, 0.3) is 0 Å². The number of carbonyl (C=O) groups is 1. The first-order chi connectivity index (χ1) is 7.29. The average molecular weight is 238 g/mol. The molecular formula is C12H14O3S. The first-order valence-electron chi connectivity index (χ1n) is 5.11. The first-order valence-corrected chi connectivity index (χ1v) is 6.77. The molecule has 0 bridgehead atoms. The summed E-state index contributed by atoms with van der Waals surface area (Å²) < 4.78 is 23.9. The Balaban J connectivity index is 2.87. The normalized spacial score (nSPS) is 20.4. The Labute approximate surface area is 95.4 Å². The number of rotatable bonds is 1. The molecule has 2 rings (SSSR count). The quantitative estimate of drug-likeness (QED) is 0.702. The van der Waals surface area contributed by atoms with Gasteiger partial charge in [0.25, 0.3) is 0 Å². The number of hydrogen-bond donors (Lipinski definition) is 0. The highest BCUT2D eigenvalue weighted by Crippen LogP contribution is 2.41. The van der Waals surface area contributed by atoms with E-state index in [4.69, 9.17) is 0 Å². The molecule has 4 heteroatoms. The van der Waals surface area contributed by atoms with Crippen molar-refractivity contribution in [1.82, 2.24) is 0 Å². The van der Waals surface area contributed by atoms with E-state index >= 15 is 0 Å². The van der Waals surface area contributed by atoms with Crippen molar-refractivity contribution < 1.29 is 13.2 Å². The van der Waals surface area contributed by atoms with Crippen LogP contribution in [0, 0.1) is 6.92 Å². The van der Waals surface area contributed by atoms with E-state index in [1.807, 2.05) is 20.8 Å². The molecule has 0 aliphatic carbocycles. The van der Waals surface area contributed by atoms with Crippen LogP contribution in [-0.4, -0.2) is 20.5 Å². The Hall–Kier alpha value is -1.16. The topological polar surface area (TPSA) is 51.2 Å². The van der Waals surface area contributed by atoms with Gasteiger partial charge in [0.2, 0.25) is 0 Å². The second-order valence-electron chi connectivity index (χ2n) is 4.91. The summed E-state index contributed by atoms with van der Waals surface area (Å²) >= 11 is 0. The van der Waals surface area contributed by atoms with E-state index in [-0.39, 0.29) is 5.75 Å². The zero-order valence-electron chi connectivity index (χ0n) is 9.57. The molecule has 0 aromatic heterocycles. The molecule has 0 saturated heterocycles. The van der Waals surface area contributed by atoms with Crippen molar-refractivity contribution in [2.45, 2.75) is 31.1 Å². The van der Waals surface area contributed by atoms with Crippen molar-refractivity contribution in [3.63, 3.8) is 0 Å². The van der Waals surface area contributed by atoms with Crippen LogP contribution in [0.4, 0.5) is 0 Å². The molecule has 86 valence electrons. The second kappa shape index (κ2) is 3.17. The number of sulfone groups is 1. The van der Waals surface area contributed by atoms with E-state index in [2.05, 4.69) is 0 Å². The molecule has 1 aromatic carbocycles. The molecule has 0 atom stereocenters. The number of fused-ring (bicyclic) bond motifs is 1. The van der Waals surface area contributed by atoms with Gasteiger partial charge >= 0.3 is 0 Å². The number of hydrogen-bond acceptors (Lipinski definition) is 3. The van der Waals surface area contributed by atoms with E-state index in [1.54, 1.807) is 12.1 Å². The lowest BCUT2D eigenvalue weighted by Crippen LogP contribution is -2.20. The molecule has 0 N–H and O–H groups in total. The van der Waals surface area contributed by atoms with Crippen molar-refractivity contribution >= 4 is 16.1 Å². The van der Waals surface area contributed by atoms with Crippen LogP contribution in [0.15, 0.2) is 17.0 Å². The number of benzene rings is 1. The Morgan fingerprint density at radius 3 is 2.50 bits per heavy atom. The second-order valence-corrected chi connectivity index (χ2v) is 6.87. The van der Waals surface area contributed by atoms with Gasteiger partial charge in [-0.1, -0.05) is 19.9 Å². The van der Waals surface area contributed by atoms with E-state index < -0.39 is 15.3 Å². The molecule has 0 unspecified atom stereocenters. The molecule has 0 saturated carbocycles. The van der Waals surface area contributed by atoms with E-state index in [0.29, 0.717) is 10.5 Å². The van der Waals surface area contributed by atoms with Gasteiger partial charge < -0.3 is 0 Å². The minimum atomic E-state index is -3.18. The third kappa shape index (κ3) is 1.40. The van der Waals surface area contributed by atoms with Crippen molar-refractivity contribution in [3.05, 3.63) is 28.8 Å². The maximum Gasteiger partial charge on any atom is 0.179 e. The van der Waals surface area contributed by atoms with E-state index in [9.17, 15) is 13.2 Å². The maximum absolute atomic E-state index is 11.9. The first kappa shape index (κ1) is 11.3. The van der Waals surface area contributed by atoms with Gasteiger partial charge in [0.1, 0.15) is 6.29 Å². The van der Waals surface area contributed by atoms with Crippen LogP contribution in [0.2, 0.25) is 0 Å². The average Bonchev–Trinajstić information content (AvgIpc) is 2.33. The lowest BCUT2D eigenvalue weighted by Gasteiger charge is -2.19.